The van der Waals surface area contributed by atoms with Crippen molar-refractivity contribution in [3.8, 4) is 5.75 Å². The van der Waals surface area contributed by atoms with E-state index in [0.29, 0.717) is 67.6 Å². The number of benzene rings is 1. The molecule has 1 aliphatic rings. The third-order valence-corrected chi connectivity index (χ3v) is 7.83. The number of aromatic nitrogens is 2. The molecule has 0 aliphatic carbocycles. The molecule has 10 heteroatoms. The van der Waals surface area contributed by atoms with Gasteiger partial charge in [-0.3, -0.25) is 9.48 Å². The number of sulfonamides is 1. The highest BCUT2D eigenvalue weighted by atomic mass is 32.2. The van der Waals surface area contributed by atoms with Gasteiger partial charge in [0, 0.05) is 51.4 Å². The molecule has 0 radical (unpaired) electrons. The SMILES string of the molecule is CCCc1nn(C)c(C(C)=O)c1N=C(C)c1cc(S(=O)(=O)N2CCN(C)CC2)ccc1OCC. The van der Waals surface area contributed by atoms with Crippen molar-refractivity contribution in [2.24, 2.45) is 12.0 Å². The number of hydrogen-bond donors (Lipinski definition) is 0. The van der Waals surface area contributed by atoms with Crippen LogP contribution >= 0.6 is 0 Å². The molecule has 0 N–H and O–H groups in total. The number of aryl methyl sites for hydroxylation is 2. The Bertz CT molecular complexity index is 1180. The number of Topliss-reactive ketones (excluding diaryl/α,β-unsaturated/α-hetero) is 1. The Hall–Kier alpha value is -2.56. The third-order valence-electron chi connectivity index (χ3n) is 5.93. The molecule has 1 aromatic heterocycles. The Morgan fingerprint density at radius 3 is 2.38 bits per heavy atom. The zero-order valence-electron chi connectivity index (χ0n) is 21.0. The Balaban J connectivity index is 2.10. The van der Waals surface area contributed by atoms with Gasteiger partial charge < -0.3 is 9.64 Å². The van der Waals surface area contributed by atoms with Crippen LogP contribution in [0, 0.1) is 0 Å². The van der Waals surface area contributed by atoms with Crippen molar-refractivity contribution < 1.29 is 17.9 Å². The predicted molar refractivity (Wildman–Crippen MR) is 133 cm³/mol. The number of piperazine rings is 1. The molecule has 0 unspecified atom stereocenters. The fourth-order valence-corrected chi connectivity index (χ4v) is 5.57. The maximum Gasteiger partial charge on any atom is 0.243 e. The number of carbonyl (C=O) groups excluding carboxylic acids is 1. The minimum absolute atomic E-state index is 0.125. The lowest BCUT2D eigenvalue weighted by molar-refractivity contribution is 0.100. The van der Waals surface area contributed by atoms with Gasteiger partial charge in [0.1, 0.15) is 17.1 Å². The third kappa shape index (κ3) is 5.39. The average molecular weight is 490 g/mol. The summed E-state index contributed by atoms with van der Waals surface area (Å²) >= 11 is 0. The van der Waals surface area contributed by atoms with Crippen molar-refractivity contribution in [1.29, 1.82) is 0 Å². The van der Waals surface area contributed by atoms with Gasteiger partial charge in [0.25, 0.3) is 0 Å². The Morgan fingerprint density at radius 2 is 1.79 bits per heavy atom. The van der Waals surface area contributed by atoms with Crippen LogP contribution in [0.2, 0.25) is 0 Å². The van der Waals surface area contributed by atoms with Crippen molar-refractivity contribution in [1.82, 2.24) is 19.0 Å². The first-order chi connectivity index (χ1) is 16.1. The quantitative estimate of drug-likeness (QED) is 0.397. The molecule has 1 aliphatic heterocycles. The number of nitrogens with zero attached hydrogens (tertiary/aromatic N) is 5. The van der Waals surface area contributed by atoms with E-state index in [9.17, 15) is 13.2 Å². The second-order valence-electron chi connectivity index (χ2n) is 8.57. The first kappa shape index (κ1) is 26.1. The molecule has 2 heterocycles. The fourth-order valence-electron chi connectivity index (χ4n) is 4.12. The minimum Gasteiger partial charge on any atom is -0.493 e. The van der Waals surface area contributed by atoms with Crippen LogP contribution in [0.4, 0.5) is 5.69 Å². The highest BCUT2D eigenvalue weighted by Gasteiger charge is 2.28. The highest BCUT2D eigenvalue weighted by molar-refractivity contribution is 7.89. The van der Waals surface area contributed by atoms with Crippen LogP contribution in [0.15, 0.2) is 28.1 Å². The van der Waals surface area contributed by atoms with Crippen LogP contribution in [0.3, 0.4) is 0 Å². The standard InChI is InChI=1S/C24H35N5O4S/c1-7-9-21-23(24(18(4)30)28(6)26-21)25-17(3)20-16-19(10-11-22(20)33-8-2)34(31,32)29-14-12-27(5)13-15-29/h10-11,16H,7-9,12-15H2,1-6H3. The topological polar surface area (TPSA) is 97.1 Å². The maximum absolute atomic E-state index is 13.4. The Morgan fingerprint density at radius 1 is 1.12 bits per heavy atom. The van der Waals surface area contributed by atoms with Gasteiger partial charge in [-0.15, -0.1) is 0 Å². The maximum atomic E-state index is 13.4. The molecule has 2 aromatic rings. The van der Waals surface area contributed by atoms with E-state index in [1.807, 2.05) is 20.9 Å². The summed E-state index contributed by atoms with van der Waals surface area (Å²) in [7, 11) is 0.0659. The number of ether oxygens (including phenoxy) is 1. The first-order valence-electron chi connectivity index (χ1n) is 11.7. The summed E-state index contributed by atoms with van der Waals surface area (Å²) in [6.07, 6.45) is 1.54. The molecule has 0 atom stereocenters. The largest absolute Gasteiger partial charge is 0.493 e. The van der Waals surface area contributed by atoms with E-state index in [2.05, 4.69) is 10.00 Å². The summed E-state index contributed by atoms with van der Waals surface area (Å²) in [4.78, 5) is 19.4. The molecular formula is C24H35N5O4S. The summed E-state index contributed by atoms with van der Waals surface area (Å²) in [6.45, 7) is 9.93. The molecular weight excluding hydrogens is 454 g/mol. The molecule has 0 bridgehead atoms. The number of rotatable bonds is 9. The van der Waals surface area contributed by atoms with E-state index < -0.39 is 10.0 Å². The van der Waals surface area contributed by atoms with Gasteiger partial charge in [-0.25, -0.2) is 13.4 Å². The van der Waals surface area contributed by atoms with E-state index >= 15 is 0 Å². The fraction of sp³-hybridized carbons (Fsp3) is 0.542. The average Bonchev–Trinajstić information content (AvgIpc) is 3.09. The lowest BCUT2D eigenvalue weighted by atomic mass is 10.1. The molecule has 1 fully saturated rings. The molecule has 0 saturated carbocycles. The van der Waals surface area contributed by atoms with Gasteiger partial charge in [-0.2, -0.15) is 9.40 Å². The lowest BCUT2D eigenvalue weighted by Gasteiger charge is -2.31. The van der Waals surface area contributed by atoms with E-state index in [1.165, 1.54) is 11.2 Å². The summed E-state index contributed by atoms with van der Waals surface area (Å²) in [5.74, 6) is 0.423. The summed E-state index contributed by atoms with van der Waals surface area (Å²) in [6, 6.07) is 4.90. The molecule has 0 amide bonds. The van der Waals surface area contributed by atoms with Gasteiger partial charge in [-0.1, -0.05) is 13.3 Å². The van der Waals surface area contributed by atoms with Crippen LogP contribution in [0.25, 0.3) is 0 Å². The van der Waals surface area contributed by atoms with Crippen molar-refractivity contribution in [2.75, 3.05) is 39.8 Å². The Kier molecular flexibility index (Phi) is 8.27. The van der Waals surface area contributed by atoms with Gasteiger partial charge in [-0.05, 0) is 45.5 Å². The summed E-state index contributed by atoms with van der Waals surface area (Å²) < 4.78 is 35.6. The van der Waals surface area contributed by atoms with Crippen LogP contribution < -0.4 is 4.74 Å². The zero-order chi connectivity index (χ0) is 25.0. The summed E-state index contributed by atoms with van der Waals surface area (Å²) in [5, 5.41) is 4.50. The van der Waals surface area contributed by atoms with Gasteiger partial charge in [0.15, 0.2) is 5.78 Å². The molecule has 34 heavy (non-hydrogen) atoms. The van der Waals surface area contributed by atoms with Crippen molar-refractivity contribution in [3.05, 3.63) is 35.2 Å². The zero-order valence-corrected chi connectivity index (χ0v) is 21.8. The highest BCUT2D eigenvalue weighted by Crippen LogP contribution is 2.30. The van der Waals surface area contributed by atoms with Gasteiger partial charge in [0.2, 0.25) is 10.0 Å². The van der Waals surface area contributed by atoms with Crippen molar-refractivity contribution in [3.63, 3.8) is 0 Å². The molecule has 9 nitrogen and oxygen atoms in total. The number of aliphatic imine (C=N–C) groups is 1. The summed E-state index contributed by atoms with van der Waals surface area (Å²) in [5.41, 5.74) is 2.85. The molecule has 1 saturated heterocycles. The Labute approximate surface area is 202 Å². The van der Waals surface area contributed by atoms with Crippen LogP contribution in [0.1, 0.15) is 55.9 Å². The number of hydrogen-bond acceptors (Lipinski definition) is 7. The number of carbonyl (C=O) groups is 1. The second kappa shape index (κ2) is 10.8. The molecule has 3 rings (SSSR count). The second-order valence-corrected chi connectivity index (χ2v) is 10.5. The smallest absolute Gasteiger partial charge is 0.243 e. The predicted octanol–water partition coefficient (Wildman–Crippen LogP) is 3.05. The number of ketones is 1. The lowest BCUT2D eigenvalue weighted by Crippen LogP contribution is -2.47. The molecule has 0 spiro atoms. The van der Waals surface area contributed by atoms with Gasteiger partial charge in [0.05, 0.1) is 17.2 Å². The minimum atomic E-state index is -3.65. The number of likely N-dealkylation sites (N-methyl/N-ethyl adjacent to an activating group) is 1. The first-order valence-corrected chi connectivity index (χ1v) is 13.1. The van der Waals surface area contributed by atoms with Crippen LogP contribution in [-0.4, -0.2) is 78.7 Å². The van der Waals surface area contributed by atoms with Crippen molar-refractivity contribution in [2.45, 2.75) is 45.4 Å². The monoisotopic (exact) mass is 489 g/mol. The van der Waals surface area contributed by atoms with E-state index in [1.54, 1.807) is 36.9 Å². The van der Waals surface area contributed by atoms with E-state index in [-0.39, 0.29) is 10.7 Å². The van der Waals surface area contributed by atoms with Gasteiger partial charge >= 0.3 is 0 Å². The van der Waals surface area contributed by atoms with Crippen molar-refractivity contribution >= 4 is 27.2 Å². The van der Waals surface area contributed by atoms with Crippen LogP contribution in [-0.2, 0) is 23.5 Å². The normalized spacial score (nSPS) is 16.1. The van der Waals surface area contributed by atoms with E-state index in [4.69, 9.17) is 9.73 Å². The molecule has 1 aromatic carbocycles. The molecule has 186 valence electrons. The van der Waals surface area contributed by atoms with Crippen LogP contribution in [0.5, 0.6) is 5.75 Å². The van der Waals surface area contributed by atoms with E-state index in [0.717, 1.165) is 12.1 Å².